The molecular weight excluding hydrogens is 323 g/mol. The Balaban J connectivity index is 1.66. The summed E-state index contributed by atoms with van der Waals surface area (Å²) in [4.78, 5) is 17.4. The SMILES string of the molecule is COC(=O)N1CCC(N[C@@H](Cn2ccnc2)c2ccc(F)cc2)CC1. The molecule has 2 aromatic rings. The van der Waals surface area contributed by atoms with Crippen molar-refractivity contribution < 1.29 is 13.9 Å². The van der Waals surface area contributed by atoms with Gasteiger partial charge in [0.2, 0.25) is 0 Å². The summed E-state index contributed by atoms with van der Waals surface area (Å²) in [6, 6.07) is 6.93. The molecule has 1 N–H and O–H groups in total. The molecule has 0 radical (unpaired) electrons. The first-order valence-corrected chi connectivity index (χ1v) is 8.46. The van der Waals surface area contributed by atoms with Crippen LogP contribution in [0.5, 0.6) is 0 Å². The van der Waals surface area contributed by atoms with Gasteiger partial charge in [-0.15, -0.1) is 0 Å². The number of rotatable bonds is 5. The fraction of sp³-hybridized carbons (Fsp3) is 0.444. The van der Waals surface area contributed by atoms with E-state index in [1.54, 1.807) is 17.4 Å². The van der Waals surface area contributed by atoms with Crippen LogP contribution in [-0.4, -0.2) is 46.8 Å². The molecule has 0 spiro atoms. The van der Waals surface area contributed by atoms with Gasteiger partial charge in [-0.1, -0.05) is 12.1 Å². The molecule has 7 heteroatoms. The second-order valence-corrected chi connectivity index (χ2v) is 6.26. The lowest BCUT2D eigenvalue weighted by atomic mass is 10.0. The molecule has 1 amide bonds. The second-order valence-electron chi connectivity index (χ2n) is 6.26. The summed E-state index contributed by atoms with van der Waals surface area (Å²) < 4.78 is 20.0. The number of hydrogen-bond acceptors (Lipinski definition) is 4. The molecule has 1 aliphatic heterocycles. The number of methoxy groups -OCH3 is 1. The van der Waals surface area contributed by atoms with Gasteiger partial charge in [0, 0.05) is 38.1 Å². The number of ether oxygens (including phenoxy) is 1. The van der Waals surface area contributed by atoms with E-state index in [4.69, 9.17) is 4.74 Å². The van der Waals surface area contributed by atoms with Gasteiger partial charge in [0.15, 0.2) is 0 Å². The first-order chi connectivity index (χ1) is 12.2. The fourth-order valence-electron chi connectivity index (χ4n) is 3.20. The molecule has 1 fully saturated rings. The van der Waals surface area contributed by atoms with Crippen molar-refractivity contribution in [1.29, 1.82) is 0 Å². The number of aromatic nitrogens is 2. The number of nitrogens with zero attached hydrogens (tertiary/aromatic N) is 3. The third-order valence-corrected chi connectivity index (χ3v) is 4.59. The van der Waals surface area contributed by atoms with E-state index in [-0.39, 0.29) is 18.0 Å². The maximum atomic E-state index is 13.3. The van der Waals surface area contributed by atoms with Gasteiger partial charge in [-0.05, 0) is 30.5 Å². The van der Waals surface area contributed by atoms with Crippen LogP contribution in [0.2, 0.25) is 0 Å². The smallest absolute Gasteiger partial charge is 0.409 e. The zero-order valence-electron chi connectivity index (χ0n) is 14.3. The van der Waals surface area contributed by atoms with Gasteiger partial charge in [0.25, 0.3) is 0 Å². The lowest BCUT2D eigenvalue weighted by molar-refractivity contribution is 0.108. The molecule has 0 saturated carbocycles. The Morgan fingerprint density at radius 2 is 2.08 bits per heavy atom. The lowest BCUT2D eigenvalue weighted by Crippen LogP contribution is -2.46. The molecule has 6 nitrogen and oxygen atoms in total. The number of imidazole rings is 1. The van der Waals surface area contributed by atoms with Crippen molar-refractivity contribution in [3.05, 3.63) is 54.4 Å². The molecule has 1 aromatic carbocycles. The molecular formula is C18H23FN4O2. The third kappa shape index (κ3) is 4.57. The topological polar surface area (TPSA) is 59.4 Å². The highest BCUT2D eigenvalue weighted by Crippen LogP contribution is 2.20. The minimum Gasteiger partial charge on any atom is -0.453 e. The van der Waals surface area contributed by atoms with E-state index in [9.17, 15) is 9.18 Å². The minimum atomic E-state index is -0.271. The van der Waals surface area contributed by atoms with Crippen LogP contribution in [-0.2, 0) is 11.3 Å². The number of carbonyl (C=O) groups excluding carboxylic acids is 1. The molecule has 1 aliphatic rings. The maximum Gasteiger partial charge on any atom is 0.409 e. The monoisotopic (exact) mass is 346 g/mol. The molecule has 0 unspecified atom stereocenters. The summed E-state index contributed by atoms with van der Waals surface area (Å²) in [5, 5.41) is 3.66. The van der Waals surface area contributed by atoms with Gasteiger partial charge in [0.1, 0.15) is 5.82 Å². The van der Waals surface area contributed by atoms with Crippen LogP contribution in [0, 0.1) is 5.82 Å². The van der Waals surface area contributed by atoms with E-state index in [0.717, 1.165) is 18.4 Å². The summed E-state index contributed by atoms with van der Waals surface area (Å²) in [5.41, 5.74) is 1.03. The second kappa shape index (κ2) is 8.11. The highest BCUT2D eigenvalue weighted by molar-refractivity contribution is 5.67. The number of piperidine rings is 1. The normalized spacial score (nSPS) is 16.6. The van der Waals surface area contributed by atoms with Gasteiger partial charge in [-0.3, -0.25) is 0 Å². The first kappa shape index (κ1) is 17.4. The number of likely N-dealkylation sites (tertiary alicyclic amines) is 1. The van der Waals surface area contributed by atoms with Crippen molar-refractivity contribution in [3.8, 4) is 0 Å². The summed E-state index contributed by atoms with van der Waals surface area (Å²) in [5.74, 6) is -0.239. The highest BCUT2D eigenvalue weighted by atomic mass is 19.1. The Kier molecular flexibility index (Phi) is 5.65. The van der Waals surface area contributed by atoms with Gasteiger partial charge < -0.3 is 19.5 Å². The molecule has 0 bridgehead atoms. The zero-order valence-corrected chi connectivity index (χ0v) is 14.3. The summed E-state index contributed by atoms with van der Waals surface area (Å²) in [7, 11) is 1.41. The van der Waals surface area contributed by atoms with E-state index < -0.39 is 0 Å². The Morgan fingerprint density at radius 1 is 1.36 bits per heavy atom. The van der Waals surface area contributed by atoms with Gasteiger partial charge in [-0.2, -0.15) is 0 Å². The highest BCUT2D eigenvalue weighted by Gasteiger charge is 2.25. The van der Waals surface area contributed by atoms with Crippen molar-refractivity contribution in [2.45, 2.75) is 31.5 Å². The van der Waals surface area contributed by atoms with Crippen LogP contribution in [0.15, 0.2) is 43.0 Å². The number of benzene rings is 1. The lowest BCUT2D eigenvalue weighted by Gasteiger charge is -2.34. The molecule has 1 atom stereocenters. The van der Waals surface area contributed by atoms with Gasteiger partial charge in [0.05, 0.1) is 19.5 Å². The van der Waals surface area contributed by atoms with E-state index in [2.05, 4.69) is 10.3 Å². The van der Waals surface area contributed by atoms with Crippen molar-refractivity contribution in [3.63, 3.8) is 0 Å². The average Bonchev–Trinajstić information content (AvgIpc) is 3.15. The molecule has 1 aromatic heterocycles. The van der Waals surface area contributed by atoms with Crippen molar-refractivity contribution in [2.24, 2.45) is 0 Å². The van der Waals surface area contributed by atoms with Crippen LogP contribution in [0.25, 0.3) is 0 Å². The van der Waals surface area contributed by atoms with Crippen molar-refractivity contribution in [2.75, 3.05) is 20.2 Å². The van der Waals surface area contributed by atoms with Crippen molar-refractivity contribution in [1.82, 2.24) is 19.8 Å². The van der Waals surface area contributed by atoms with Crippen LogP contribution in [0.3, 0.4) is 0 Å². The summed E-state index contributed by atoms with van der Waals surface area (Å²) >= 11 is 0. The molecule has 3 rings (SSSR count). The van der Waals surface area contributed by atoms with E-state index in [1.165, 1.54) is 19.2 Å². The number of halogens is 1. The van der Waals surface area contributed by atoms with E-state index in [0.29, 0.717) is 25.7 Å². The predicted octanol–water partition coefficient (Wildman–Crippen LogP) is 2.58. The Bertz CT molecular complexity index is 667. The fourth-order valence-corrected chi connectivity index (χ4v) is 3.20. The molecule has 2 heterocycles. The predicted molar refractivity (Wildman–Crippen MR) is 91.5 cm³/mol. The number of hydrogen-bond donors (Lipinski definition) is 1. The maximum absolute atomic E-state index is 13.3. The molecule has 134 valence electrons. The average molecular weight is 346 g/mol. The molecule has 1 saturated heterocycles. The standard InChI is InChI=1S/C18H23FN4O2/c1-25-18(24)23-9-6-16(7-10-23)21-17(12-22-11-8-20-13-22)14-2-4-15(19)5-3-14/h2-5,8,11,13,16-17,21H,6-7,9-10,12H2,1H3/t17-/m0/s1. The Hall–Kier alpha value is -2.41. The van der Waals surface area contributed by atoms with Crippen LogP contribution >= 0.6 is 0 Å². The van der Waals surface area contributed by atoms with Crippen LogP contribution in [0.1, 0.15) is 24.4 Å². The quantitative estimate of drug-likeness (QED) is 0.904. The number of nitrogens with one attached hydrogen (secondary N) is 1. The summed E-state index contributed by atoms with van der Waals surface area (Å²) in [6.07, 6.45) is 6.88. The molecule has 0 aliphatic carbocycles. The van der Waals surface area contributed by atoms with Crippen LogP contribution in [0.4, 0.5) is 9.18 Å². The number of carbonyl (C=O) groups is 1. The Morgan fingerprint density at radius 3 is 2.68 bits per heavy atom. The third-order valence-electron chi connectivity index (χ3n) is 4.59. The summed E-state index contributed by atoms with van der Waals surface area (Å²) in [6.45, 7) is 2.06. The van der Waals surface area contributed by atoms with E-state index in [1.807, 2.05) is 22.9 Å². The van der Waals surface area contributed by atoms with E-state index >= 15 is 0 Å². The van der Waals surface area contributed by atoms with Crippen molar-refractivity contribution >= 4 is 6.09 Å². The van der Waals surface area contributed by atoms with Crippen LogP contribution < -0.4 is 5.32 Å². The zero-order chi connectivity index (χ0) is 17.6. The Labute approximate surface area is 146 Å². The number of amides is 1. The molecule has 25 heavy (non-hydrogen) atoms. The minimum absolute atomic E-state index is 0.0458. The van der Waals surface area contributed by atoms with Gasteiger partial charge in [-0.25, -0.2) is 14.2 Å². The largest absolute Gasteiger partial charge is 0.453 e. The first-order valence-electron chi connectivity index (χ1n) is 8.46. The van der Waals surface area contributed by atoms with Gasteiger partial charge >= 0.3 is 6.09 Å².